The molecule has 13 heavy (non-hydrogen) atoms. The van der Waals surface area contributed by atoms with Gasteiger partial charge in [-0.25, -0.2) is 12.7 Å². The van der Waals surface area contributed by atoms with Gasteiger partial charge in [0, 0.05) is 13.1 Å². The summed E-state index contributed by atoms with van der Waals surface area (Å²) < 4.78 is 30.0. The third-order valence-electron chi connectivity index (χ3n) is 3.02. The summed E-state index contributed by atoms with van der Waals surface area (Å²) in [6.07, 6.45) is 3.19. The van der Waals surface area contributed by atoms with Crippen molar-refractivity contribution >= 4 is 10.0 Å². The van der Waals surface area contributed by atoms with E-state index in [4.69, 9.17) is 4.74 Å². The second kappa shape index (κ2) is 3.22. The Balaban J connectivity index is 2.03. The predicted molar refractivity (Wildman–Crippen MR) is 48.9 cm³/mol. The minimum atomic E-state index is -3.05. The topological polar surface area (TPSA) is 46.6 Å². The van der Waals surface area contributed by atoms with Crippen LogP contribution in [0, 0.1) is 0 Å². The number of nitrogens with zero attached hydrogens (tertiary/aromatic N) is 1. The molecule has 0 aromatic rings. The zero-order valence-corrected chi connectivity index (χ0v) is 8.59. The third-order valence-corrected chi connectivity index (χ3v) is 5.23. The minimum Gasteiger partial charge on any atom is -0.378 e. The highest BCUT2D eigenvalue weighted by molar-refractivity contribution is 7.89. The normalized spacial score (nSPS) is 25.7. The average molecular weight is 205 g/mol. The summed E-state index contributed by atoms with van der Waals surface area (Å²) >= 11 is 0. The Kier molecular flexibility index (Phi) is 2.33. The molecule has 0 spiro atoms. The molecule has 1 saturated carbocycles. The summed E-state index contributed by atoms with van der Waals surface area (Å²) in [5, 5.41) is -0.280. The monoisotopic (exact) mass is 205 g/mol. The van der Waals surface area contributed by atoms with E-state index in [9.17, 15) is 8.42 Å². The van der Waals surface area contributed by atoms with E-state index in [0.717, 1.165) is 19.3 Å². The van der Waals surface area contributed by atoms with E-state index < -0.39 is 10.0 Å². The molecule has 0 bridgehead atoms. The van der Waals surface area contributed by atoms with Crippen molar-refractivity contribution in [1.82, 2.24) is 4.31 Å². The molecule has 76 valence electrons. The quantitative estimate of drug-likeness (QED) is 0.661. The predicted octanol–water partition coefficient (Wildman–Crippen LogP) is 0.199. The molecule has 5 heteroatoms. The molecule has 2 rings (SSSR count). The Morgan fingerprint density at radius 3 is 2.23 bits per heavy atom. The van der Waals surface area contributed by atoms with Crippen LogP contribution in [-0.4, -0.2) is 44.3 Å². The molecule has 0 amide bonds. The average Bonchev–Trinajstić information content (AvgIpc) is 1.77. The molecule has 1 aliphatic carbocycles. The van der Waals surface area contributed by atoms with Crippen molar-refractivity contribution in [2.24, 2.45) is 0 Å². The molecule has 2 fully saturated rings. The van der Waals surface area contributed by atoms with Crippen LogP contribution >= 0.6 is 0 Å². The van der Waals surface area contributed by atoms with Gasteiger partial charge in [0.2, 0.25) is 10.0 Å². The number of rotatable bonds is 3. The van der Waals surface area contributed by atoms with Crippen LogP contribution in [-0.2, 0) is 14.8 Å². The van der Waals surface area contributed by atoms with Crippen LogP contribution in [0.25, 0.3) is 0 Å². The van der Waals surface area contributed by atoms with E-state index in [0.29, 0.717) is 13.2 Å². The minimum absolute atomic E-state index is 0.255. The summed E-state index contributed by atoms with van der Waals surface area (Å²) in [6.45, 7) is 0.749. The molecule has 0 atom stereocenters. The van der Waals surface area contributed by atoms with E-state index in [1.54, 1.807) is 11.4 Å². The number of sulfonamides is 1. The Bertz CT molecular complexity index is 280. The first-order valence-electron chi connectivity index (χ1n) is 4.67. The first-order chi connectivity index (χ1) is 6.12. The third kappa shape index (κ3) is 1.49. The maximum Gasteiger partial charge on any atom is 0.221 e. The molecule has 0 unspecified atom stereocenters. The summed E-state index contributed by atoms with van der Waals surface area (Å²) in [6, 6.07) is 0.255. The van der Waals surface area contributed by atoms with Gasteiger partial charge in [0.15, 0.2) is 0 Å². The van der Waals surface area contributed by atoms with E-state index in [2.05, 4.69) is 0 Å². The van der Waals surface area contributed by atoms with Gasteiger partial charge in [0.1, 0.15) is 5.25 Å². The van der Waals surface area contributed by atoms with Crippen LogP contribution in [0.1, 0.15) is 19.3 Å². The molecule has 0 radical (unpaired) electrons. The van der Waals surface area contributed by atoms with E-state index >= 15 is 0 Å². The zero-order chi connectivity index (χ0) is 9.47. The molecular weight excluding hydrogens is 190 g/mol. The van der Waals surface area contributed by atoms with Crippen LogP contribution in [0.5, 0.6) is 0 Å². The van der Waals surface area contributed by atoms with Gasteiger partial charge in [-0.1, -0.05) is 6.42 Å². The molecule has 1 saturated heterocycles. The lowest BCUT2D eigenvalue weighted by Crippen LogP contribution is -2.51. The summed E-state index contributed by atoms with van der Waals surface area (Å²) in [7, 11) is -1.36. The Labute approximate surface area is 78.9 Å². The fraction of sp³-hybridized carbons (Fsp3) is 1.00. The van der Waals surface area contributed by atoms with E-state index in [-0.39, 0.29) is 11.3 Å². The fourth-order valence-corrected chi connectivity index (χ4v) is 3.21. The Morgan fingerprint density at radius 2 is 1.92 bits per heavy atom. The summed E-state index contributed by atoms with van der Waals surface area (Å²) in [4.78, 5) is 0. The standard InChI is InChI=1S/C8H15NO3S/c1-9(7-3-2-4-7)13(10,11)8-5-12-6-8/h7-8H,2-6H2,1H3. The highest BCUT2D eigenvalue weighted by Crippen LogP contribution is 2.28. The van der Waals surface area contributed by atoms with Crippen molar-refractivity contribution in [2.75, 3.05) is 20.3 Å². The van der Waals surface area contributed by atoms with Crippen molar-refractivity contribution in [3.8, 4) is 0 Å². The van der Waals surface area contributed by atoms with Crippen molar-refractivity contribution in [2.45, 2.75) is 30.6 Å². The molecule has 1 heterocycles. The second-order valence-electron chi connectivity index (χ2n) is 3.81. The largest absolute Gasteiger partial charge is 0.378 e. The lowest BCUT2D eigenvalue weighted by atomic mass is 9.94. The number of hydrogen-bond donors (Lipinski definition) is 0. The molecule has 1 aliphatic heterocycles. The van der Waals surface area contributed by atoms with Crippen LogP contribution in [0.15, 0.2) is 0 Å². The van der Waals surface area contributed by atoms with Gasteiger partial charge in [-0.3, -0.25) is 0 Å². The van der Waals surface area contributed by atoms with Crippen molar-refractivity contribution in [3.05, 3.63) is 0 Å². The first kappa shape index (κ1) is 9.43. The van der Waals surface area contributed by atoms with Gasteiger partial charge in [-0.15, -0.1) is 0 Å². The van der Waals surface area contributed by atoms with Gasteiger partial charge in [0.25, 0.3) is 0 Å². The number of hydrogen-bond acceptors (Lipinski definition) is 3. The molecule has 0 N–H and O–H groups in total. The zero-order valence-electron chi connectivity index (χ0n) is 7.77. The SMILES string of the molecule is CN(C1CCC1)S(=O)(=O)C1COC1. The van der Waals surface area contributed by atoms with Crippen LogP contribution in [0.2, 0.25) is 0 Å². The molecule has 0 aromatic heterocycles. The molecular formula is C8H15NO3S. The van der Waals surface area contributed by atoms with Gasteiger partial charge in [-0.05, 0) is 12.8 Å². The Morgan fingerprint density at radius 1 is 1.31 bits per heavy atom. The van der Waals surface area contributed by atoms with Gasteiger partial charge < -0.3 is 4.74 Å². The second-order valence-corrected chi connectivity index (χ2v) is 6.08. The van der Waals surface area contributed by atoms with Crippen molar-refractivity contribution in [1.29, 1.82) is 0 Å². The highest BCUT2D eigenvalue weighted by atomic mass is 32.2. The first-order valence-corrected chi connectivity index (χ1v) is 6.17. The fourth-order valence-electron chi connectivity index (χ4n) is 1.58. The van der Waals surface area contributed by atoms with Gasteiger partial charge in [-0.2, -0.15) is 0 Å². The highest BCUT2D eigenvalue weighted by Gasteiger charge is 2.39. The van der Waals surface area contributed by atoms with Crippen LogP contribution in [0.3, 0.4) is 0 Å². The lowest BCUT2D eigenvalue weighted by molar-refractivity contribution is 0.0382. The Hall–Kier alpha value is -0.130. The lowest BCUT2D eigenvalue weighted by Gasteiger charge is -2.38. The van der Waals surface area contributed by atoms with Crippen molar-refractivity contribution < 1.29 is 13.2 Å². The van der Waals surface area contributed by atoms with Crippen LogP contribution < -0.4 is 0 Å². The van der Waals surface area contributed by atoms with E-state index in [1.807, 2.05) is 0 Å². The van der Waals surface area contributed by atoms with E-state index in [1.165, 1.54) is 0 Å². The van der Waals surface area contributed by atoms with Crippen molar-refractivity contribution in [3.63, 3.8) is 0 Å². The maximum absolute atomic E-state index is 11.8. The molecule has 4 nitrogen and oxygen atoms in total. The van der Waals surface area contributed by atoms with Gasteiger partial charge >= 0.3 is 0 Å². The smallest absolute Gasteiger partial charge is 0.221 e. The molecule has 0 aromatic carbocycles. The van der Waals surface area contributed by atoms with Gasteiger partial charge in [0.05, 0.1) is 13.2 Å². The summed E-state index contributed by atoms with van der Waals surface area (Å²) in [5.74, 6) is 0. The summed E-state index contributed by atoms with van der Waals surface area (Å²) in [5.41, 5.74) is 0. The maximum atomic E-state index is 11.8. The number of ether oxygens (including phenoxy) is 1. The van der Waals surface area contributed by atoms with Crippen LogP contribution in [0.4, 0.5) is 0 Å². The molecule has 2 aliphatic rings.